The van der Waals surface area contributed by atoms with Crippen LogP contribution >= 0.6 is 0 Å². The standard InChI is InChI=1S/C17H19N3O5S/c1-12-3-9-15(10-4-12)26(24,25)19-16(17(21)18-2)11-13-5-7-14(8-6-13)20(22)23/h3-10,16,19H,11H2,1-2H3,(H,18,21). The molecule has 2 aromatic rings. The summed E-state index contributed by atoms with van der Waals surface area (Å²) < 4.78 is 27.4. The summed E-state index contributed by atoms with van der Waals surface area (Å²) in [4.78, 5) is 22.3. The van der Waals surface area contributed by atoms with Crippen LogP contribution in [0.25, 0.3) is 0 Å². The summed E-state index contributed by atoms with van der Waals surface area (Å²) in [6.45, 7) is 1.84. The molecule has 1 unspecified atom stereocenters. The number of carbonyl (C=O) groups excluding carboxylic acids is 1. The molecular formula is C17H19N3O5S. The number of nitrogens with one attached hydrogen (secondary N) is 2. The van der Waals surface area contributed by atoms with Crippen LogP contribution in [0.5, 0.6) is 0 Å². The van der Waals surface area contributed by atoms with Crippen LogP contribution in [-0.4, -0.2) is 32.3 Å². The van der Waals surface area contributed by atoms with Crippen molar-refractivity contribution in [2.24, 2.45) is 0 Å². The Morgan fingerprint density at radius 2 is 1.69 bits per heavy atom. The molecule has 1 atom stereocenters. The van der Waals surface area contributed by atoms with E-state index < -0.39 is 26.9 Å². The highest BCUT2D eigenvalue weighted by Crippen LogP contribution is 2.15. The quantitative estimate of drug-likeness (QED) is 0.560. The van der Waals surface area contributed by atoms with E-state index in [4.69, 9.17) is 0 Å². The van der Waals surface area contributed by atoms with E-state index in [1.54, 1.807) is 12.1 Å². The summed E-state index contributed by atoms with van der Waals surface area (Å²) in [6.07, 6.45) is 0.0583. The molecule has 26 heavy (non-hydrogen) atoms. The van der Waals surface area contributed by atoms with E-state index in [1.165, 1.54) is 43.4 Å². The van der Waals surface area contributed by atoms with Gasteiger partial charge < -0.3 is 5.32 Å². The normalized spacial score (nSPS) is 12.4. The maximum atomic E-state index is 12.5. The number of amides is 1. The molecule has 0 saturated carbocycles. The smallest absolute Gasteiger partial charge is 0.269 e. The third kappa shape index (κ3) is 4.87. The van der Waals surface area contributed by atoms with E-state index in [0.29, 0.717) is 5.56 Å². The third-order valence-electron chi connectivity index (χ3n) is 3.78. The molecule has 0 saturated heterocycles. The Morgan fingerprint density at radius 3 is 2.19 bits per heavy atom. The number of sulfonamides is 1. The van der Waals surface area contributed by atoms with Gasteiger partial charge in [0.2, 0.25) is 15.9 Å². The number of nitro benzene ring substituents is 1. The van der Waals surface area contributed by atoms with Crippen LogP contribution in [0.3, 0.4) is 0 Å². The fourth-order valence-corrected chi connectivity index (χ4v) is 3.52. The van der Waals surface area contributed by atoms with Gasteiger partial charge in [-0.1, -0.05) is 29.8 Å². The third-order valence-corrected chi connectivity index (χ3v) is 5.27. The molecule has 0 aromatic heterocycles. The van der Waals surface area contributed by atoms with Gasteiger partial charge in [0.05, 0.1) is 9.82 Å². The lowest BCUT2D eigenvalue weighted by atomic mass is 10.1. The van der Waals surface area contributed by atoms with Crippen molar-refractivity contribution in [1.29, 1.82) is 0 Å². The van der Waals surface area contributed by atoms with Gasteiger partial charge in [-0.15, -0.1) is 0 Å². The molecule has 0 radical (unpaired) electrons. The molecule has 2 aromatic carbocycles. The van der Waals surface area contributed by atoms with E-state index in [2.05, 4.69) is 10.0 Å². The van der Waals surface area contributed by atoms with Crippen molar-refractivity contribution in [2.75, 3.05) is 7.05 Å². The molecule has 138 valence electrons. The number of rotatable bonds is 7. The van der Waals surface area contributed by atoms with Crippen LogP contribution in [0, 0.1) is 17.0 Å². The van der Waals surface area contributed by atoms with Crippen LogP contribution in [-0.2, 0) is 21.2 Å². The van der Waals surface area contributed by atoms with Crippen molar-refractivity contribution in [3.63, 3.8) is 0 Å². The fourth-order valence-electron chi connectivity index (χ4n) is 2.32. The SMILES string of the molecule is CNC(=O)C(Cc1ccc([N+](=O)[O-])cc1)NS(=O)(=O)c1ccc(C)cc1. The minimum atomic E-state index is -3.89. The number of non-ortho nitro benzene ring substituents is 1. The second kappa shape index (κ2) is 8.07. The Bertz CT molecular complexity index is 893. The van der Waals surface area contributed by atoms with Crippen LogP contribution < -0.4 is 10.0 Å². The van der Waals surface area contributed by atoms with Crippen molar-refractivity contribution in [3.8, 4) is 0 Å². The van der Waals surface area contributed by atoms with Gasteiger partial charge in [0, 0.05) is 19.2 Å². The number of carbonyl (C=O) groups is 1. The molecule has 1 amide bonds. The van der Waals surface area contributed by atoms with Crippen molar-refractivity contribution in [2.45, 2.75) is 24.3 Å². The number of hydrogen-bond acceptors (Lipinski definition) is 5. The van der Waals surface area contributed by atoms with Gasteiger partial charge in [-0.05, 0) is 31.0 Å². The van der Waals surface area contributed by atoms with Gasteiger partial charge >= 0.3 is 0 Å². The number of nitrogens with zero attached hydrogens (tertiary/aromatic N) is 1. The summed E-state index contributed by atoms with van der Waals surface area (Å²) >= 11 is 0. The molecule has 0 aliphatic heterocycles. The minimum absolute atomic E-state index is 0.0562. The Labute approximate surface area is 151 Å². The van der Waals surface area contributed by atoms with Gasteiger partial charge in [-0.3, -0.25) is 14.9 Å². The lowest BCUT2D eigenvalue weighted by Gasteiger charge is -2.17. The molecule has 0 aliphatic rings. The number of benzene rings is 2. The van der Waals surface area contributed by atoms with Crippen molar-refractivity contribution >= 4 is 21.6 Å². The first kappa shape index (κ1) is 19.5. The highest BCUT2D eigenvalue weighted by molar-refractivity contribution is 7.89. The van der Waals surface area contributed by atoms with Crippen LogP contribution in [0.1, 0.15) is 11.1 Å². The Balaban J connectivity index is 2.23. The molecule has 0 spiro atoms. The first-order valence-electron chi connectivity index (χ1n) is 7.77. The summed E-state index contributed by atoms with van der Waals surface area (Å²) in [5.41, 5.74) is 1.43. The summed E-state index contributed by atoms with van der Waals surface area (Å²) in [7, 11) is -2.48. The van der Waals surface area contributed by atoms with E-state index in [-0.39, 0.29) is 17.0 Å². The van der Waals surface area contributed by atoms with E-state index >= 15 is 0 Å². The zero-order valence-corrected chi connectivity index (χ0v) is 15.1. The average Bonchev–Trinajstić information content (AvgIpc) is 2.61. The Morgan fingerprint density at radius 1 is 1.12 bits per heavy atom. The molecular weight excluding hydrogens is 358 g/mol. The summed E-state index contributed by atoms with van der Waals surface area (Å²) in [5, 5.41) is 13.1. The summed E-state index contributed by atoms with van der Waals surface area (Å²) in [6, 6.07) is 10.8. The van der Waals surface area contributed by atoms with E-state index in [1.807, 2.05) is 6.92 Å². The number of likely N-dealkylation sites (N-methyl/N-ethyl adjacent to an activating group) is 1. The number of aryl methyl sites for hydroxylation is 1. The summed E-state index contributed by atoms with van der Waals surface area (Å²) in [5.74, 6) is -0.501. The topological polar surface area (TPSA) is 118 Å². The maximum Gasteiger partial charge on any atom is 0.269 e. The van der Waals surface area contributed by atoms with Crippen molar-refractivity contribution < 1.29 is 18.1 Å². The molecule has 0 bridgehead atoms. The van der Waals surface area contributed by atoms with Crippen LogP contribution in [0.2, 0.25) is 0 Å². The Kier molecular flexibility index (Phi) is 6.06. The molecule has 2 rings (SSSR count). The van der Waals surface area contributed by atoms with Crippen molar-refractivity contribution in [1.82, 2.24) is 10.0 Å². The van der Waals surface area contributed by atoms with Crippen LogP contribution in [0.4, 0.5) is 5.69 Å². The average molecular weight is 377 g/mol. The van der Waals surface area contributed by atoms with Gasteiger partial charge in [-0.2, -0.15) is 4.72 Å². The molecule has 8 nitrogen and oxygen atoms in total. The molecule has 9 heteroatoms. The Hall–Kier alpha value is -2.78. The van der Waals surface area contributed by atoms with Gasteiger partial charge in [0.25, 0.3) is 5.69 Å². The van der Waals surface area contributed by atoms with Crippen LogP contribution in [0.15, 0.2) is 53.4 Å². The van der Waals surface area contributed by atoms with Gasteiger partial charge in [-0.25, -0.2) is 8.42 Å². The predicted octanol–water partition coefficient (Wildman–Crippen LogP) is 1.54. The second-order valence-electron chi connectivity index (χ2n) is 5.73. The zero-order chi connectivity index (χ0) is 19.3. The molecule has 2 N–H and O–H groups in total. The molecule has 0 heterocycles. The molecule has 0 aliphatic carbocycles. The highest BCUT2D eigenvalue weighted by Gasteiger charge is 2.25. The largest absolute Gasteiger partial charge is 0.358 e. The molecule has 0 fully saturated rings. The van der Waals surface area contributed by atoms with Gasteiger partial charge in [0.15, 0.2) is 0 Å². The first-order valence-corrected chi connectivity index (χ1v) is 9.25. The second-order valence-corrected chi connectivity index (χ2v) is 7.44. The lowest BCUT2D eigenvalue weighted by molar-refractivity contribution is -0.384. The highest BCUT2D eigenvalue weighted by atomic mass is 32.2. The predicted molar refractivity (Wildman–Crippen MR) is 96.2 cm³/mol. The number of nitro groups is 1. The maximum absolute atomic E-state index is 12.5. The minimum Gasteiger partial charge on any atom is -0.358 e. The lowest BCUT2D eigenvalue weighted by Crippen LogP contribution is -2.46. The monoisotopic (exact) mass is 377 g/mol. The fraction of sp³-hybridized carbons (Fsp3) is 0.235. The van der Waals surface area contributed by atoms with E-state index in [0.717, 1.165) is 5.56 Å². The first-order chi connectivity index (χ1) is 12.2. The zero-order valence-electron chi connectivity index (χ0n) is 14.3. The van der Waals surface area contributed by atoms with Gasteiger partial charge in [0.1, 0.15) is 6.04 Å². The van der Waals surface area contributed by atoms with Crippen molar-refractivity contribution in [3.05, 3.63) is 69.8 Å². The number of hydrogen-bond donors (Lipinski definition) is 2. The van der Waals surface area contributed by atoms with E-state index in [9.17, 15) is 23.3 Å².